The van der Waals surface area contributed by atoms with E-state index in [-0.39, 0.29) is 12.3 Å². The Morgan fingerprint density at radius 3 is 2.52 bits per heavy atom. The fourth-order valence-corrected chi connectivity index (χ4v) is 3.79. The summed E-state index contributed by atoms with van der Waals surface area (Å²) in [4.78, 5) is 11.0. The molecule has 1 aliphatic rings. The molecule has 1 aromatic carbocycles. The summed E-state index contributed by atoms with van der Waals surface area (Å²) in [6.45, 7) is 0.300. The number of nitrogens with zero attached hydrogens (tertiary/aromatic N) is 2. The molecule has 1 aromatic rings. The molecule has 2 N–H and O–H groups in total. The summed E-state index contributed by atoms with van der Waals surface area (Å²) in [6.07, 6.45) is 1.02. The van der Waals surface area contributed by atoms with E-state index in [1.807, 2.05) is 0 Å². The standard InChI is InChI=1S/C13H18N2O5S/c1-14(11-4-6-12(16)7-5-11)21(19,20)15-8-2-3-10(9-15)13(17)18/h4-7,10,16H,2-3,8-9H2,1H3,(H,17,18). The largest absolute Gasteiger partial charge is 0.508 e. The SMILES string of the molecule is CN(c1ccc(O)cc1)S(=O)(=O)N1CCCC(C(=O)O)C1. The normalized spacial score (nSPS) is 20.1. The molecule has 1 saturated heterocycles. The van der Waals surface area contributed by atoms with Crippen LogP contribution in [0, 0.1) is 5.92 Å². The van der Waals surface area contributed by atoms with Gasteiger partial charge in [0.1, 0.15) is 5.75 Å². The molecule has 1 unspecified atom stereocenters. The van der Waals surface area contributed by atoms with Gasteiger partial charge in [0.05, 0.1) is 11.6 Å². The number of rotatable bonds is 4. The van der Waals surface area contributed by atoms with E-state index >= 15 is 0 Å². The number of hydrogen-bond donors (Lipinski definition) is 2. The van der Waals surface area contributed by atoms with E-state index in [2.05, 4.69) is 0 Å². The van der Waals surface area contributed by atoms with E-state index in [1.165, 1.54) is 35.6 Å². The number of carbonyl (C=O) groups is 1. The molecule has 1 aliphatic heterocycles. The molecule has 0 bridgehead atoms. The van der Waals surface area contributed by atoms with Crippen molar-refractivity contribution >= 4 is 21.9 Å². The van der Waals surface area contributed by atoms with E-state index in [9.17, 15) is 18.3 Å². The van der Waals surface area contributed by atoms with Crippen molar-refractivity contribution in [1.82, 2.24) is 4.31 Å². The van der Waals surface area contributed by atoms with E-state index in [4.69, 9.17) is 5.11 Å². The minimum absolute atomic E-state index is 0.0138. The van der Waals surface area contributed by atoms with E-state index in [0.717, 1.165) is 4.31 Å². The predicted molar refractivity (Wildman–Crippen MR) is 77.4 cm³/mol. The van der Waals surface area contributed by atoms with Crippen LogP contribution in [0.1, 0.15) is 12.8 Å². The number of benzene rings is 1. The van der Waals surface area contributed by atoms with Crippen molar-refractivity contribution < 1.29 is 23.4 Å². The van der Waals surface area contributed by atoms with Crippen LogP contribution in [0.15, 0.2) is 24.3 Å². The fourth-order valence-electron chi connectivity index (χ4n) is 2.32. The summed E-state index contributed by atoms with van der Waals surface area (Å²) >= 11 is 0. The third-order valence-corrected chi connectivity index (χ3v) is 5.51. The molecule has 8 heteroatoms. The second-order valence-corrected chi connectivity index (χ2v) is 6.99. The molecule has 0 amide bonds. The second kappa shape index (κ2) is 5.90. The Morgan fingerprint density at radius 1 is 1.33 bits per heavy atom. The third kappa shape index (κ3) is 3.27. The molecule has 0 radical (unpaired) electrons. The van der Waals surface area contributed by atoms with Crippen LogP contribution in [0.2, 0.25) is 0 Å². The lowest BCUT2D eigenvalue weighted by Gasteiger charge is -2.33. The van der Waals surface area contributed by atoms with Gasteiger partial charge >= 0.3 is 16.2 Å². The fraction of sp³-hybridized carbons (Fsp3) is 0.462. The number of hydrogen-bond acceptors (Lipinski definition) is 4. The number of anilines is 1. The highest BCUT2D eigenvalue weighted by molar-refractivity contribution is 7.90. The van der Waals surface area contributed by atoms with Crippen LogP contribution in [0.3, 0.4) is 0 Å². The van der Waals surface area contributed by atoms with Gasteiger partial charge in [0.2, 0.25) is 0 Å². The maximum absolute atomic E-state index is 12.5. The molecule has 1 heterocycles. The zero-order chi connectivity index (χ0) is 15.6. The van der Waals surface area contributed by atoms with E-state index in [0.29, 0.717) is 25.1 Å². The molecule has 0 spiro atoms. The van der Waals surface area contributed by atoms with Gasteiger partial charge in [0.15, 0.2) is 0 Å². The van der Waals surface area contributed by atoms with Crippen molar-refractivity contribution in [3.63, 3.8) is 0 Å². The highest BCUT2D eigenvalue weighted by Crippen LogP contribution is 2.25. The molecule has 7 nitrogen and oxygen atoms in total. The Kier molecular flexibility index (Phi) is 4.38. The van der Waals surface area contributed by atoms with Crippen LogP contribution in [0.4, 0.5) is 5.69 Å². The molecule has 1 atom stereocenters. The van der Waals surface area contributed by atoms with Gasteiger partial charge in [0, 0.05) is 20.1 Å². The Labute approximate surface area is 123 Å². The highest BCUT2D eigenvalue weighted by atomic mass is 32.2. The van der Waals surface area contributed by atoms with Crippen molar-refractivity contribution in [2.75, 3.05) is 24.4 Å². The summed E-state index contributed by atoms with van der Waals surface area (Å²) < 4.78 is 27.4. The number of aromatic hydroxyl groups is 1. The average Bonchev–Trinajstić information content (AvgIpc) is 2.47. The maximum Gasteiger partial charge on any atom is 0.307 e. The number of carboxylic acids is 1. The molecular formula is C13H18N2O5S. The van der Waals surface area contributed by atoms with Crippen molar-refractivity contribution in [3.8, 4) is 5.75 Å². The summed E-state index contributed by atoms with van der Waals surface area (Å²) in [5, 5.41) is 18.3. The van der Waals surface area contributed by atoms with Gasteiger partial charge in [-0.15, -0.1) is 0 Å². The first-order chi connectivity index (χ1) is 9.82. The van der Waals surface area contributed by atoms with Gasteiger partial charge in [-0.1, -0.05) is 0 Å². The zero-order valence-corrected chi connectivity index (χ0v) is 12.5. The lowest BCUT2D eigenvalue weighted by atomic mass is 10.0. The minimum atomic E-state index is -3.77. The van der Waals surface area contributed by atoms with E-state index in [1.54, 1.807) is 0 Å². The van der Waals surface area contributed by atoms with Crippen LogP contribution in [-0.4, -0.2) is 49.0 Å². The maximum atomic E-state index is 12.5. The van der Waals surface area contributed by atoms with Crippen LogP contribution in [0.25, 0.3) is 0 Å². The lowest BCUT2D eigenvalue weighted by molar-refractivity contribution is -0.142. The van der Waals surface area contributed by atoms with Crippen LogP contribution < -0.4 is 4.31 Å². The number of carboxylic acid groups (broad SMARTS) is 1. The molecular weight excluding hydrogens is 296 g/mol. The number of piperidine rings is 1. The Balaban J connectivity index is 2.20. The smallest absolute Gasteiger partial charge is 0.307 e. The highest BCUT2D eigenvalue weighted by Gasteiger charge is 2.34. The number of phenolic OH excluding ortho intramolecular Hbond substituents is 1. The monoisotopic (exact) mass is 314 g/mol. The van der Waals surface area contributed by atoms with E-state index < -0.39 is 22.1 Å². The Bertz CT molecular complexity index is 614. The number of phenols is 1. The van der Waals surface area contributed by atoms with Gasteiger partial charge in [-0.3, -0.25) is 9.10 Å². The second-order valence-electron chi connectivity index (χ2n) is 5.03. The summed E-state index contributed by atoms with van der Waals surface area (Å²) in [7, 11) is -2.36. The molecule has 21 heavy (non-hydrogen) atoms. The molecule has 1 fully saturated rings. The number of aliphatic carboxylic acids is 1. The summed E-state index contributed by atoms with van der Waals surface area (Å²) in [5.41, 5.74) is 0.408. The minimum Gasteiger partial charge on any atom is -0.508 e. The van der Waals surface area contributed by atoms with Gasteiger partial charge in [-0.2, -0.15) is 12.7 Å². The lowest BCUT2D eigenvalue weighted by Crippen LogP contribution is -2.48. The summed E-state index contributed by atoms with van der Waals surface area (Å²) in [6, 6.07) is 5.78. The molecule has 0 aliphatic carbocycles. The Hall–Kier alpha value is -1.80. The topological polar surface area (TPSA) is 98.2 Å². The quantitative estimate of drug-likeness (QED) is 0.859. The first kappa shape index (κ1) is 15.6. The van der Waals surface area contributed by atoms with Gasteiger partial charge in [-0.25, -0.2) is 0 Å². The predicted octanol–water partition coefficient (Wildman–Crippen LogP) is 0.870. The van der Waals surface area contributed by atoms with Crippen molar-refractivity contribution in [2.24, 2.45) is 5.92 Å². The first-order valence-electron chi connectivity index (χ1n) is 6.58. The molecule has 2 rings (SSSR count). The first-order valence-corrected chi connectivity index (χ1v) is 7.98. The average molecular weight is 314 g/mol. The molecule has 0 saturated carbocycles. The van der Waals surface area contributed by atoms with Gasteiger partial charge in [-0.05, 0) is 37.1 Å². The van der Waals surface area contributed by atoms with Crippen molar-refractivity contribution in [2.45, 2.75) is 12.8 Å². The molecule has 116 valence electrons. The Morgan fingerprint density at radius 2 is 1.95 bits per heavy atom. The van der Waals surface area contributed by atoms with Crippen molar-refractivity contribution in [1.29, 1.82) is 0 Å². The molecule has 0 aromatic heterocycles. The van der Waals surface area contributed by atoms with Crippen LogP contribution >= 0.6 is 0 Å². The third-order valence-electron chi connectivity index (χ3n) is 3.62. The van der Waals surface area contributed by atoms with Crippen molar-refractivity contribution in [3.05, 3.63) is 24.3 Å². The van der Waals surface area contributed by atoms with Crippen LogP contribution in [0.5, 0.6) is 5.75 Å². The van der Waals surface area contributed by atoms with Gasteiger partial charge < -0.3 is 10.2 Å². The van der Waals surface area contributed by atoms with Gasteiger partial charge in [0.25, 0.3) is 0 Å². The zero-order valence-electron chi connectivity index (χ0n) is 11.6. The summed E-state index contributed by atoms with van der Waals surface area (Å²) in [5.74, 6) is -1.59. The van der Waals surface area contributed by atoms with Crippen LogP contribution in [-0.2, 0) is 15.0 Å².